The van der Waals surface area contributed by atoms with Gasteiger partial charge in [0.2, 0.25) is 11.7 Å². The quantitative estimate of drug-likeness (QED) is 0.638. The fourth-order valence-electron chi connectivity index (χ4n) is 3.06. The Morgan fingerprint density at radius 1 is 1.10 bits per heavy atom. The molecule has 0 aromatic heterocycles. The summed E-state index contributed by atoms with van der Waals surface area (Å²) in [5.74, 6) is 0.443. The highest BCUT2D eigenvalue weighted by molar-refractivity contribution is 8.18. The van der Waals surface area contributed by atoms with E-state index in [2.05, 4.69) is 0 Å². The number of amides is 3. The second kappa shape index (κ2) is 9.19. The smallest absolute Gasteiger partial charge is 0.294 e. The Bertz CT molecular complexity index is 849. The summed E-state index contributed by atoms with van der Waals surface area (Å²) in [5.41, 5.74) is 0.551. The molecule has 2 heterocycles. The van der Waals surface area contributed by atoms with E-state index in [4.69, 9.17) is 18.9 Å². The molecule has 3 rings (SSSR count). The maximum Gasteiger partial charge on any atom is 0.294 e. The van der Waals surface area contributed by atoms with E-state index in [0.717, 1.165) is 16.7 Å². The van der Waals surface area contributed by atoms with E-state index in [-0.39, 0.29) is 17.4 Å². The second-order valence-electron chi connectivity index (χ2n) is 6.18. The van der Waals surface area contributed by atoms with Gasteiger partial charge in [0.15, 0.2) is 11.5 Å². The zero-order valence-electron chi connectivity index (χ0n) is 16.4. The summed E-state index contributed by atoms with van der Waals surface area (Å²) in [7, 11) is 4.46. The molecule has 2 fully saturated rings. The number of carbonyl (C=O) groups excluding carboxylic acids is 3. The van der Waals surface area contributed by atoms with E-state index in [0.29, 0.717) is 49.1 Å². The van der Waals surface area contributed by atoms with Crippen LogP contribution in [0.1, 0.15) is 5.56 Å². The van der Waals surface area contributed by atoms with Crippen molar-refractivity contribution < 1.29 is 33.3 Å². The van der Waals surface area contributed by atoms with Crippen LogP contribution in [-0.4, -0.2) is 81.0 Å². The van der Waals surface area contributed by atoms with Crippen LogP contribution in [-0.2, 0) is 14.3 Å². The lowest BCUT2D eigenvalue weighted by Gasteiger charge is -2.28. The van der Waals surface area contributed by atoms with Gasteiger partial charge in [0.25, 0.3) is 11.1 Å². The van der Waals surface area contributed by atoms with Crippen molar-refractivity contribution in [3.63, 3.8) is 0 Å². The number of morpholine rings is 1. The maximum atomic E-state index is 12.7. The molecule has 0 N–H and O–H groups in total. The van der Waals surface area contributed by atoms with Crippen molar-refractivity contribution in [1.82, 2.24) is 9.80 Å². The third-order valence-electron chi connectivity index (χ3n) is 4.55. The van der Waals surface area contributed by atoms with Crippen molar-refractivity contribution in [2.24, 2.45) is 0 Å². The Kier molecular flexibility index (Phi) is 6.65. The average Bonchev–Trinajstić information content (AvgIpc) is 3.01. The highest BCUT2D eigenvalue weighted by atomic mass is 32.2. The Labute approximate surface area is 172 Å². The highest BCUT2D eigenvalue weighted by Gasteiger charge is 2.37. The Morgan fingerprint density at radius 2 is 1.79 bits per heavy atom. The van der Waals surface area contributed by atoms with Crippen LogP contribution in [0.4, 0.5) is 4.79 Å². The third kappa shape index (κ3) is 4.33. The molecule has 156 valence electrons. The summed E-state index contributed by atoms with van der Waals surface area (Å²) in [6, 6.07) is 3.38. The second-order valence-corrected chi connectivity index (χ2v) is 7.18. The molecule has 2 saturated heterocycles. The third-order valence-corrected chi connectivity index (χ3v) is 5.46. The van der Waals surface area contributed by atoms with Gasteiger partial charge in [-0.2, -0.15) is 0 Å². The van der Waals surface area contributed by atoms with Crippen LogP contribution in [0.5, 0.6) is 17.2 Å². The summed E-state index contributed by atoms with van der Waals surface area (Å²) in [6.45, 7) is 1.52. The summed E-state index contributed by atoms with van der Waals surface area (Å²) < 4.78 is 21.2. The first-order valence-electron chi connectivity index (χ1n) is 8.90. The molecule has 0 aliphatic carbocycles. The van der Waals surface area contributed by atoms with Crippen LogP contribution in [0.2, 0.25) is 0 Å². The fraction of sp³-hybridized carbons (Fsp3) is 0.421. The van der Waals surface area contributed by atoms with Gasteiger partial charge in [0, 0.05) is 18.7 Å². The predicted octanol–water partition coefficient (Wildman–Crippen LogP) is 1.61. The molecule has 0 unspecified atom stereocenters. The first kappa shape index (κ1) is 21.0. The van der Waals surface area contributed by atoms with Crippen molar-refractivity contribution >= 4 is 34.9 Å². The number of carbonyl (C=O) groups is 3. The van der Waals surface area contributed by atoms with Gasteiger partial charge in [-0.1, -0.05) is 0 Å². The number of methoxy groups -OCH3 is 3. The SMILES string of the molecule is COc1ccc(/C=C2/SC(=O)N(CC(=O)N3CCOCC3)C2=O)c(OC)c1OC. The molecule has 29 heavy (non-hydrogen) atoms. The average molecular weight is 422 g/mol. The summed E-state index contributed by atoms with van der Waals surface area (Å²) in [5, 5.41) is -0.484. The summed E-state index contributed by atoms with van der Waals surface area (Å²) >= 11 is 0.783. The monoisotopic (exact) mass is 422 g/mol. The number of nitrogens with zero attached hydrogens (tertiary/aromatic N) is 2. The summed E-state index contributed by atoms with van der Waals surface area (Å²) in [4.78, 5) is 40.2. The number of ether oxygens (including phenoxy) is 4. The molecule has 10 heteroatoms. The summed E-state index contributed by atoms with van der Waals surface area (Å²) in [6.07, 6.45) is 1.55. The molecule has 1 aromatic carbocycles. The van der Waals surface area contributed by atoms with Crippen molar-refractivity contribution in [3.8, 4) is 17.2 Å². The molecule has 0 atom stereocenters. The molecule has 9 nitrogen and oxygen atoms in total. The van der Waals surface area contributed by atoms with Gasteiger partial charge in [-0.25, -0.2) is 0 Å². The van der Waals surface area contributed by atoms with Gasteiger partial charge in [0.1, 0.15) is 6.54 Å². The number of imide groups is 1. The molecule has 2 aliphatic rings. The first-order valence-corrected chi connectivity index (χ1v) is 9.71. The maximum absolute atomic E-state index is 12.7. The minimum Gasteiger partial charge on any atom is -0.493 e. The van der Waals surface area contributed by atoms with Gasteiger partial charge < -0.3 is 23.8 Å². The zero-order valence-corrected chi connectivity index (χ0v) is 17.2. The molecular weight excluding hydrogens is 400 g/mol. The molecule has 0 radical (unpaired) electrons. The highest BCUT2D eigenvalue weighted by Crippen LogP contribution is 2.42. The topological polar surface area (TPSA) is 94.6 Å². The van der Waals surface area contributed by atoms with Crippen LogP contribution >= 0.6 is 11.8 Å². The van der Waals surface area contributed by atoms with E-state index < -0.39 is 11.1 Å². The van der Waals surface area contributed by atoms with E-state index >= 15 is 0 Å². The number of hydrogen-bond acceptors (Lipinski definition) is 8. The predicted molar refractivity (Wildman–Crippen MR) is 106 cm³/mol. The number of benzene rings is 1. The largest absolute Gasteiger partial charge is 0.493 e. The molecule has 0 spiro atoms. The van der Waals surface area contributed by atoms with E-state index in [1.54, 1.807) is 23.1 Å². The van der Waals surface area contributed by atoms with Crippen molar-refractivity contribution in [3.05, 3.63) is 22.6 Å². The minimum absolute atomic E-state index is 0.204. The number of rotatable bonds is 6. The molecule has 1 aromatic rings. The zero-order chi connectivity index (χ0) is 21.0. The fourth-order valence-corrected chi connectivity index (χ4v) is 3.89. The van der Waals surface area contributed by atoms with Gasteiger partial charge in [-0.3, -0.25) is 19.3 Å². The first-order chi connectivity index (χ1) is 14.0. The molecular formula is C19H22N2O7S. The van der Waals surface area contributed by atoms with Gasteiger partial charge in [-0.15, -0.1) is 0 Å². The Morgan fingerprint density at radius 3 is 2.41 bits per heavy atom. The van der Waals surface area contributed by atoms with Gasteiger partial charge >= 0.3 is 0 Å². The normalized spacial score (nSPS) is 18.4. The van der Waals surface area contributed by atoms with E-state index in [1.165, 1.54) is 21.3 Å². The van der Waals surface area contributed by atoms with Crippen LogP contribution in [0.15, 0.2) is 17.0 Å². The molecule has 3 amide bonds. The Hall–Kier alpha value is -2.72. The lowest BCUT2D eigenvalue weighted by Crippen LogP contribution is -2.46. The van der Waals surface area contributed by atoms with E-state index in [1.807, 2.05) is 0 Å². The number of thioether (sulfide) groups is 1. The molecule has 0 saturated carbocycles. The van der Waals surface area contributed by atoms with Gasteiger partial charge in [-0.05, 0) is 30.0 Å². The molecule has 0 bridgehead atoms. The number of hydrogen-bond donors (Lipinski definition) is 0. The Balaban J connectivity index is 1.82. The van der Waals surface area contributed by atoms with Crippen LogP contribution in [0, 0.1) is 0 Å². The van der Waals surface area contributed by atoms with Crippen molar-refractivity contribution in [2.75, 3.05) is 54.2 Å². The lowest BCUT2D eigenvalue weighted by molar-refractivity contribution is -0.139. The van der Waals surface area contributed by atoms with Crippen LogP contribution < -0.4 is 14.2 Å². The molecule has 2 aliphatic heterocycles. The lowest BCUT2D eigenvalue weighted by atomic mass is 10.1. The van der Waals surface area contributed by atoms with E-state index in [9.17, 15) is 14.4 Å². The van der Waals surface area contributed by atoms with Crippen molar-refractivity contribution in [1.29, 1.82) is 0 Å². The standard InChI is InChI=1S/C19H22N2O7S/c1-25-13-5-4-12(16(26-2)17(13)27-3)10-14-18(23)21(19(24)29-14)11-15(22)20-6-8-28-9-7-20/h4-5,10H,6-9,11H2,1-3H3/b14-10+. The van der Waals surface area contributed by atoms with Crippen LogP contribution in [0.25, 0.3) is 6.08 Å². The van der Waals surface area contributed by atoms with Crippen molar-refractivity contribution in [2.45, 2.75) is 0 Å². The van der Waals surface area contributed by atoms with Crippen LogP contribution in [0.3, 0.4) is 0 Å². The minimum atomic E-state index is -0.515. The van der Waals surface area contributed by atoms with Gasteiger partial charge in [0.05, 0.1) is 39.4 Å².